The quantitative estimate of drug-likeness (QED) is 0.556. The zero-order valence-corrected chi connectivity index (χ0v) is 15.6. The molecule has 0 bridgehead atoms. The first-order valence-corrected chi connectivity index (χ1v) is 10.6. The molecule has 0 heterocycles. The van der Waals surface area contributed by atoms with Gasteiger partial charge in [-0.3, -0.25) is 11.3 Å². The summed E-state index contributed by atoms with van der Waals surface area (Å²) in [7, 11) is 0. The highest BCUT2D eigenvalue weighted by Gasteiger charge is 2.36. The van der Waals surface area contributed by atoms with E-state index in [0.29, 0.717) is 0 Å². The molecule has 0 aromatic heterocycles. The molecule has 0 saturated heterocycles. The molecule has 0 spiro atoms. The summed E-state index contributed by atoms with van der Waals surface area (Å²) in [6.45, 7) is 5.90. The molecule has 2 heteroatoms. The van der Waals surface area contributed by atoms with Gasteiger partial charge in [0, 0.05) is 6.54 Å². The largest absolute Gasteiger partial charge is 0.271 e. The number of hydrogen-bond acceptors (Lipinski definition) is 2. The molecule has 0 aromatic carbocycles. The molecule has 3 unspecified atom stereocenters. The van der Waals surface area contributed by atoms with Crippen LogP contribution in [0.1, 0.15) is 84.5 Å². The lowest BCUT2D eigenvalue weighted by Crippen LogP contribution is -2.38. The Kier molecular flexibility index (Phi) is 6.43. The minimum Gasteiger partial charge on any atom is -0.271 e. The van der Waals surface area contributed by atoms with Crippen LogP contribution in [0.5, 0.6) is 0 Å². The zero-order valence-electron chi connectivity index (χ0n) is 15.6. The van der Waals surface area contributed by atoms with Crippen LogP contribution >= 0.6 is 0 Å². The Morgan fingerprint density at radius 1 is 0.696 bits per heavy atom. The van der Waals surface area contributed by atoms with Crippen molar-refractivity contribution in [2.24, 2.45) is 47.3 Å². The van der Waals surface area contributed by atoms with E-state index >= 15 is 0 Å². The SMILES string of the molecule is CC1CCC(C2CCC(C3CCC(C)C(CNN)C3)CC2)CC1. The van der Waals surface area contributed by atoms with Crippen molar-refractivity contribution in [2.75, 3.05) is 6.54 Å². The van der Waals surface area contributed by atoms with Gasteiger partial charge in [-0.1, -0.05) is 33.1 Å². The molecule has 23 heavy (non-hydrogen) atoms. The van der Waals surface area contributed by atoms with Crippen molar-refractivity contribution in [3.05, 3.63) is 0 Å². The summed E-state index contributed by atoms with van der Waals surface area (Å²) in [6, 6.07) is 0. The molecule has 3 rings (SSSR count). The van der Waals surface area contributed by atoms with E-state index in [9.17, 15) is 0 Å². The van der Waals surface area contributed by atoms with Crippen LogP contribution in [0.3, 0.4) is 0 Å². The molecule has 2 nitrogen and oxygen atoms in total. The van der Waals surface area contributed by atoms with Crippen molar-refractivity contribution in [1.29, 1.82) is 0 Å². The number of hydrazine groups is 1. The van der Waals surface area contributed by atoms with Crippen LogP contribution in [0, 0.1) is 41.4 Å². The van der Waals surface area contributed by atoms with Crippen molar-refractivity contribution in [1.82, 2.24) is 5.43 Å². The van der Waals surface area contributed by atoms with E-state index < -0.39 is 0 Å². The van der Waals surface area contributed by atoms with Crippen LogP contribution in [0.4, 0.5) is 0 Å². The predicted molar refractivity (Wildman–Crippen MR) is 98.8 cm³/mol. The third kappa shape index (κ3) is 4.51. The molecule has 0 aliphatic heterocycles. The summed E-state index contributed by atoms with van der Waals surface area (Å²) in [5.74, 6) is 12.5. The van der Waals surface area contributed by atoms with Gasteiger partial charge in [0.25, 0.3) is 0 Å². The third-order valence-electron chi connectivity index (χ3n) is 7.99. The fraction of sp³-hybridized carbons (Fsp3) is 1.00. The maximum Gasteiger partial charge on any atom is 0.0128 e. The van der Waals surface area contributed by atoms with E-state index in [1.54, 1.807) is 0 Å². The predicted octanol–water partition coefficient (Wildman–Crippen LogP) is 5.13. The molecule has 3 N–H and O–H groups in total. The summed E-state index contributed by atoms with van der Waals surface area (Å²) in [5, 5.41) is 0. The number of hydrogen-bond donors (Lipinski definition) is 2. The fourth-order valence-electron chi connectivity index (χ4n) is 6.16. The number of rotatable bonds is 4. The average Bonchev–Trinajstić information content (AvgIpc) is 2.58. The van der Waals surface area contributed by atoms with Gasteiger partial charge in [0.15, 0.2) is 0 Å². The standard InChI is InChI=1S/C21H40N2/c1-15-3-6-17(7-4-15)18-9-11-19(12-10-18)20-8-5-16(2)21(13-20)14-23-22/h15-21,23H,3-14,22H2,1-2H3. The molecule has 0 aromatic rings. The maximum absolute atomic E-state index is 5.61. The van der Waals surface area contributed by atoms with Crippen LogP contribution in [-0.4, -0.2) is 6.54 Å². The second-order valence-electron chi connectivity index (χ2n) is 9.41. The molecule has 0 amide bonds. The van der Waals surface area contributed by atoms with Gasteiger partial charge in [0.1, 0.15) is 0 Å². The van der Waals surface area contributed by atoms with Crippen molar-refractivity contribution >= 4 is 0 Å². The maximum atomic E-state index is 5.61. The Morgan fingerprint density at radius 2 is 1.17 bits per heavy atom. The summed E-state index contributed by atoms with van der Waals surface area (Å²) >= 11 is 0. The fourth-order valence-corrected chi connectivity index (χ4v) is 6.16. The van der Waals surface area contributed by atoms with Crippen LogP contribution < -0.4 is 11.3 Å². The summed E-state index contributed by atoms with van der Waals surface area (Å²) in [6.07, 6.45) is 16.5. The molecule has 3 aliphatic carbocycles. The van der Waals surface area contributed by atoms with Gasteiger partial charge in [-0.2, -0.15) is 0 Å². The molecule has 0 radical (unpaired) electrons. The van der Waals surface area contributed by atoms with Gasteiger partial charge in [0.05, 0.1) is 0 Å². The molecule has 3 fully saturated rings. The zero-order chi connectivity index (χ0) is 16.2. The molecular weight excluding hydrogens is 280 g/mol. The molecule has 3 aliphatic rings. The summed E-state index contributed by atoms with van der Waals surface area (Å²) < 4.78 is 0. The van der Waals surface area contributed by atoms with Crippen molar-refractivity contribution in [3.8, 4) is 0 Å². The first kappa shape index (κ1) is 17.7. The van der Waals surface area contributed by atoms with Crippen LogP contribution in [0.2, 0.25) is 0 Å². The highest BCUT2D eigenvalue weighted by molar-refractivity contribution is 4.87. The van der Waals surface area contributed by atoms with Gasteiger partial charge in [-0.25, -0.2) is 0 Å². The van der Waals surface area contributed by atoms with E-state index in [0.717, 1.165) is 48.0 Å². The Hall–Kier alpha value is -0.0800. The number of nitrogens with two attached hydrogens (primary N) is 1. The minimum atomic E-state index is 0.816. The van der Waals surface area contributed by atoms with Gasteiger partial charge in [-0.05, 0) is 92.8 Å². The Balaban J connectivity index is 1.45. The lowest BCUT2D eigenvalue weighted by molar-refractivity contribution is 0.0861. The molecule has 3 atom stereocenters. The third-order valence-corrected chi connectivity index (χ3v) is 7.99. The highest BCUT2D eigenvalue weighted by Crippen LogP contribution is 2.46. The normalized spacial score (nSPS) is 45.8. The monoisotopic (exact) mass is 320 g/mol. The van der Waals surface area contributed by atoms with Gasteiger partial charge >= 0.3 is 0 Å². The van der Waals surface area contributed by atoms with E-state index in [1.807, 2.05) is 0 Å². The second kappa shape index (κ2) is 8.34. The summed E-state index contributed by atoms with van der Waals surface area (Å²) in [5.41, 5.74) is 2.94. The highest BCUT2D eigenvalue weighted by atomic mass is 15.2. The minimum absolute atomic E-state index is 0.816. The van der Waals surface area contributed by atoms with E-state index in [-0.39, 0.29) is 0 Å². The van der Waals surface area contributed by atoms with Crippen molar-refractivity contribution < 1.29 is 0 Å². The van der Waals surface area contributed by atoms with Crippen molar-refractivity contribution in [3.63, 3.8) is 0 Å². The first-order valence-electron chi connectivity index (χ1n) is 10.6. The Labute approximate surface area is 144 Å². The topological polar surface area (TPSA) is 38.0 Å². The lowest BCUT2D eigenvalue weighted by atomic mass is 9.63. The van der Waals surface area contributed by atoms with Crippen LogP contribution in [-0.2, 0) is 0 Å². The van der Waals surface area contributed by atoms with E-state index in [2.05, 4.69) is 19.3 Å². The molecule has 3 saturated carbocycles. The first-order chi connectivity index (χ1) is 11.2. The molecular formula is C21H40N2. The van der Waals surface area contributed by atoms with E-state index in [1.165, 1.54) is 70.6 Å². The van der Waals surface area contributed by atoms with E-state index in [4.69, 9.17) is 5.84 Å². The smallest absolute Gasteiger partial charge is 0.0128 e. The second-order valence-corrected chi connectivity index (χ2v) is 9.41. The van der Waals surface area contributed by atoms with Crippen LogP contribution in [0.15, 0.2) is 0 Å². The average molecular weight is 321 g/mol. The summed E-state index contributed by atoms with van der Waals surface area (Å²) in [4.78, 5) is 0. The lowest BCUT2D eigenvalue weighted by Gasteiger charge is -2.43. The van der Waals surface area contributed by atoms with Crippen molar-refractivity contribution in [2.45, 2.75) is 84.5 Å². The van der Waals surface area contributed by atoms with Gasteiger partial charge in [0.2, 0.25) is 0 Å². The van der Waals surface area contributed by atoms with Gasteiger partial charge < -0.3 is 0 Å². The Bertz CT molecular complexity index is 340. The van der Waals surface area contributed by atoms with Crippen LogP contribution in [0.25, 0.3) is 0 Å². The van der Waals surface area contributed by atoms with Gasteiger partial charge in [-0.15, -0.1) is 0 Å². The number of nitrogens with one attached hydrogen (secondary N) is 1. The molecule has 134 valence electrons. The Morgan fingerprint density at radius 3 is 1.74 bits per heavy atom.